The Bertz CT molecular complexity index is 1200. The van der Waals surface area contributed by atoms with Crippen LogP contribution in [0, 0.1) is 0 Å². The molecule has 0 atom stereocenters. The van der Waals surface area contributed by atoms with Gasteiger partial charge in [-0.15, -0.1) is 0 Å². The standard InChI is InChI=1S/C29H40N6O2/c1-3-4-5-6-7-8-9-10-27(36)35-17-15-34(16-18-35)26-20-25(30-21-31-26)28-23-19-22(37-29(2)13-14-29)11-12-24(23)32-33-28/h11-12,19-21H,3-10,13-18H2,1-2H3,(H,32,33). The van der Waals surface area contributed by atoms with Gasteiger partial charge in [0.25, 0.3) is 0 Å². The van der Waals surface area contributed by atoms with Gasteiger partial charge in [0.2, 0.25) is 5.91 Å². The average Bonchev–Trinajstić information content (AvgIpc) is 3.49. The molecular weight excluding hydrogens is 464 g/mol. The number of unbranched alkanes of at least 4 members (excludes halogenated alkanes) is 6. The van der Waals surface area contributed by atoms with E-state index in [0.29, 0.717) is 6.42 Å². The predicted molar refractivity (Wildman–Crippen MR) is 147 cm³/mol. The molecule has 1 aliphatic heterocycles. The van der Waals surface area contributed by atoms with Crippen molar-refractivity contribution in [1.82, 2.24) is 25.1 Å². The van der Waals surface area contributed by atoms with Gasteiger partial charge in [0.1, 0.15) is 29.2 Å². The number of anilines is 1. The van der Waals surface area contributed by atoms with Gasteiger partial charge < -0.3 is 14.5 Å². The number of ether oxygens (including phenoxy) is 1. The monoisotopic (exact) mass is 504 g/mol. The number of piperazine rings is 1. The van der Waals surface area contributed by atoms with E-state index < -0.39 is 0 Å². The lowest BCUT2D eigenvalue weighted by atomic mass is 10.1. The number of rotatable bonds is 12. The van der Waals surface area contributed by atoms with Gasteiger partial charge in [-0.3, -0.25) is 9.89 Å². The van der Waals surface area contributed by atoms with Crippen molar-refractivity contribution in [3.63, 3.8) is 0 Å². The number of hydrogen-bond acceptors (Lipinski definition) is 6. The maximum absolute atomic E-state index is 12.7. The van der Waals surface area contributed by atoms with E-state index in [9.17, 15) is 4.79 Å². The SMILES string of the molecule is CCCCCCCCCC(=O)N1CCN(c2cc(-c3n[nH]c4ccc(OC5(C)CC5)cc34)ncn2)CC1. The summed E-state index contributed by atoms with van der Waals surface area (Å²) in [6.45, 7) is 7.41. The van der Waals surface area contributed by atoms with Crippen LogP contribution in [0.5, 0.6) is 5.75 Å². The molecule has 37 heavy (non-hydrogen) atoms. The zero-order valence-corrected chi connectivity index (χ0v) is 22.3. The van der Waals surface area contributed by atoms with Crippen LogP contribution in [0.2, 0.25) is 0 Å². The number of nitrogens with zero attached hydrogens (tertiary/aromatic N) is 5. The molecule has 198 valence electrons. The Morgan fingerprint density at radius 3 is 2.51 bits per heavy atom. The van der Waals surface area contributed by atoms with E-state index in [1.807, 2.05) is 23.1 Å². The molecule has 1 aliphatic carbocycles. The quantitative estimate of drug-likeness (QED) is 0.317. The number of nitrogens with one attached hydrogen (secondary N) is 1. The predicted octanol–water partition coefficient (Wildman–Crippen LogP) is 5.74. The minimum atomic E-state index is -0.0303. The fraction of sp³-hybridized carbons (Fsp3) is 0.586. The molecule has 2 aromatic heterocycles. The fourth-order valence-electron chi connectivity index (χ4n) is 5.04. The molecule has 3 aromatic rings. The third kappa shape index (κ3) is 6.40. The molecule has 1 amide bonds. The first kappa shape index (κ1) is 25.5. The van der Waals surface area contributed by atoms with E-state index in [-0.39, 0.29) is 11.5 Å². The Labute approximate surface area is 219 Å². The fourth-order valence-corrected chi connectivity index (χ4v) is 5.04. The molecule has 1 aromatic carbocycles. The first-order valence-corrected chi connectivity index (χ1v) is 14.1. The molecule has 8 nitrogen and oxygen atoms in total. The summed E-state index contributed by atoms with van der Waals surface area (Å²) in [6, 6.07) is 8.06. The van der Waals surface area contributed by atoms with E-state index in [0.717, 1.165) is 85.7 Å². The third-order valence-electron chi connectivity index (χ3n) is 7.70. The molecular formula is C29H40N6O2. The number of fused-ring (bicyclic) bond motifs is 1. The minimum absolute atomic E-state index is 0.0303. The summed E-state index contributed by atoms with van der Waals surface area (Å²) in [6.07, 6.45) is 13.1. The molecule has 1 saturated heterocycles. The molecule has 3 heterocycles. The number of H-pyrrole nitrogens is 1. The second-order valence-electron chi connectivity index (χ2n) is 10.8. The lowest BCUT2D eigenvalue weighted by Crippen LogP contribution is -2.49. The second-order valence-corrected chi connectivity index (χ2v) is 10.8. The Morgan fingerprint density at radius 1 is 1.00 bits per heavy atom. The van der Waals surface area contributed by atoms with E-state index in [4.69, 9.17) is 4.74 Å². The molecule has 1 N–H and O–H groups in total. The Morgan fingerprint density at radius 2 is 1.76 bits per heavy atom. The van der Waals surface area contributed by atoms with Crippen LogP contribution in [0.4, 0.5) is 5.82 Å². The molecule has 5 rings (SSSR count). The molecule has 2 fully saturated rings. The zero-order chi connectivity index (χ0) is 25.7. The van der Waals surface area contributed by atoms with Crippen molar-refractivity contribution in [2.24, 2.45) is 0 Å². The van der Waals surface area contributed by atoms with Gasteiger partial charge in [-0.2, -0.15) is 5.10 Å². The van der Waals surface area contributed by atoms with Gasteiger partial charge in [0.05, 0.1) is 11.2 Å². The third-order valence-corrected chi connectivity index (χ3v) is 7.70. The smallest absolute Gasteiger partial charge is 0.222 e. The van der Waals surface area contributed by atoms with Crippen LogP contribution in [0.3, 0.4) is 0 Å². The van der Waals surface area contributed by atoms with Crippen LogP contribution < -0.4 is 9.64 Å². The maximum atomic E-state index is 12.7. The van der Waals surface area contributed by atoms with Crippen LogP contribution >= 0.6 is 0 Å². The molecule has 0 spiro atoms. The first-order valence-electron chi connectivity index (χ1n) is 14.1. The number of hydrogen-bond donors (Lipinski definition) is 1. The lowest BCUT2D eigenvalue weighted by molar-refractivity contribution is -0.131. The number of amides is 1. The van der Waals surface area contributed by atoms with Crippen molar-refractivity contribution in [3.05, 3.63) is 30.6 Å². The van der Waals surface area contributed by atoms with E-state index in [1.165, 1.54) is 32.1 Å². The van der Waals surface area contributed by atoms with Gasteiger partial charge in [0, 0.05) is 44.1 Å². The van der Waals surface area contributed by atoms with Crippen LogP contribution in [0.1, 0.15) is 78.1 Å². The highest BCUT2D eigenvalue weighted by molar-refractivity contribution is 5.93. The number of aromatic amines is 1. The molecule has 8 heteroatoms. The largest absolute Gasteiger partial charge is 0.488 e. The summed E-state index contributed by atoms with van der Waals surface area (Å²) in [5, 5.41) is 8.67. The summed E-state index contributed by atoms with van der Waals surface area (Å²) < 4.78 is 6.17. The van der Waals surface area contributed by atoms with Crippen molar-refractivity contribution in [2.75, 3.05) is 31.1 Å². The van der Waals surface area contributed by atoms with Crippen LogP contribution in [-0.4, -0.2) is 62.8 Å². The van der Waals surface area contributed by atoms with Gasteiger partial charge >= 0.3 is 0 Å². The average molecular weight is 505 g/mol. The summed E-state index contributed by atoms with van der Waals surface area (Å²) in [5.74, 6) is 2.03. The molecule has 1 saturated carbocycles. The Kier molecular flexibility index (Phi) is 7.91. The topological polar surface area (TPSA) is 87.2 Å². The first-order chi connectivity index (χ1) is 18.0. The summed E-state index contributed by atoms with van der Waals surface area (Å²) in [4.78, 5) is 26.0. The van der Waals surface area contributed by atoms with Crippen LogP contribution in [0.15, 0.2) is 30.6 Å². The van der Waals surface area contributed by atoms with Gasteiger partial charge in [-0.25, -0.2) is 9.97 Å². The van der Waals surface area contributed by atoms with E-state index in [1.54, 1.807) is 6.33 Å². The molecule has 0 unspecified atom stereocenters. The summed E-state index contributed by atoms with van der Waals surface area (Å²) in [5.41, 5.74) is 2.51. The second kappa shape index (κ2) is 11.5. The van der Waals surface area contributed by atoms with Crippen molar-refractivity contribution in [2.45, 2.75) is 83.7 Å². The molecule has 0 bridgehead atoms. The zero-order valence-electron chi connectivity index (χ0n) is 22.3. The van der Waals surface area contributed by atoms with Gasteiger partial charge in [-0.05, 0) is 44.4 Å². The highest BCUT2D eigenvalue weighted by atomic mass is 16.5. The highest BCUT2D eigenvalue weighted by Crippen LogP contribution is 2.40. The van der Waals surface area contributed by atoms with Crippen LogP contribution in [-0.2, 0) is 4.79 Å². The summed E-state index contributed by atoms with van der Waals surface area (Å²) >= 11 is 0. The Balaban J connectivity index is 1.16. The molecule has 0 radical (unpaired) electrons. The Hall–Kier alpha value is -3.16. The van der Waals surface area contributed by atoms with Crippen molar-refractivity contribution < 1.29 is 9.53 Å². The van der Waals surface area contributed by atoms with Gasteiger partial charge in [-0.1, -0.05) is 45.4 Å². The van der Waals surface area contributed by atoms with E-state index >= 15 is 0 Å². The maximum Gasteiger partial charge on any atom is 0.222 e. The number of aromatic nitrogens is 4. The number of carbonyl (C=O) groups excluding carboxylic acids is 1. The minimum Gasteiger partial charge on any atom is -0.488 e. The lowest BCUT2D eigenvalue weighted by Gasteiger charge is -2.35. The normalized spacial score (nSPS) is 16.8. The van der Waals surface area contributed by atoms with Crippen LogP contribution in [0.25, 0.3) is 22.3 Å². The van der Waals surface area contributed by atoms with Crippen molar-refractivity contribution in [1.29, 1.82) is 0 Å². The summed E-state index contributed by atoms with van der Waals surface area (Å²) in [7, 11) is 0. The van der Waals surface area contributed by atoms with E-state index in [2.05, 4.69) is 45.0 Å². The highest BCUT2D eigenvalue weighted by Gasteiger charge is 2.40. The number of carbonyl (C=O) groups is 1. The molecule has 2 aliphatic rings. The number of benzene rings is 1. The van der Waals surface area contributed by atoms with Crippen molar-refractivity contribution >= 4 is 22.6 Å². The van der Waals surface area contributed by atoms with Gasteiger partial charge in [0.15, 0.2) is 0 Å². The van der Waals surface area contributed by atoms with Crippen molar-refractivity contribution in [3.8, 4) is 17.1 Å².